The Morgan fingerprint density at radius 2 is 1.67 bits per heavy atom. The molecule has 1 aliphatic heterocycles. The summed E-state index contributed by atoms with van der Waals surface area (Å²) in [5, 5.41) is 0. The molecule has 0 radical (unpaired) electrons. The lowest BCUT2D eigenvalue weighted by molar-refractivity contribution is -0.276. The minimum Gasteiger partial charge on any atom is -0.497 e. The molecular formula is C25H30F3NO6S. The van der Waals surface area contributed by atoms with Crippen LogP contribution in [0.5, 0.6) is 5.75 Å². The number of ether oxygens (including phenoxy) is 3. The zero-order chi connectivity index (χ0) is 26.7. The van der Waals surface area contributed by atoms with E-state index in [1.807, 2.05) is 0 Å². The topological polar surface area (TPSA) is 82.1 Å². The Labute approximate surface area is 209 Å². The maximum Gasteiger partial charge on any atom is 0.432 e. The molecule has 0 N–H and O–H groups in total. The minimum absolute atomic E-state index is 0.104. The van der Waals surface area contributed by atoms with Crippen molar-refractivity contribution in [3.05, 3.63) is 59.2 Å². The lowest BCUT2D eigenvalue weighted by Crippen LogP contribution is -2.53. The smallest absolute Gasteiger partial charge is 0.432 e. The van der Waals surface area contributed by atoms with Crippen LogP contribution in [-0.4, -0.2) is 58.3 Å². The summed E-state index contributed by atoms with van der Waals surface area (Å²) in [6, 6.07) is 8.88. The summed E-state index contributed by atoms with van der Waals surface area (Å²) in [6.45, 7) is 2.91. The number of hydrogen-bond donors (Lipinski definition) is 0. The van der Waals surface area contributed by atoms with Crippen LogP contribution in [0.3, 0.4) is 0 Å². The monoisotopic (exact) mass is 529 g/mol. The molecule has 1 saturated heterocycles. The van der Waals surface area contributed by atoms with Crippen molar-refractivity contribution >= 4 is 16.0 Å². The second kappa shape index (κ2) is 10.8. The van der Waals surface area contributed by atoms with E-state index in [0.29, 0.717) is 36.1 Å². The molecule has 0 spiro atoms. The highest BCUT2D eigenvalue weighted by Gasteiger charge is 2.64. The Balaban J connectivity index is 1.91. The first kappa shape index (κ1) is 27.9. The van der Waals surface area contributed by atoms with E-state index in [1.165, 1.54) is 29.6 Å². The Morgan fingerprint density at radius 3 is 2.19 bits per heavy atom. The molecule has 36 heavy (non-hydrogen) atoms. The highest BCUT2D eigenvalue weighted by molar-refractivity contribution is 7.89. The molecule has 0 bridgehead atoms. The second-order valence-corrected chi connectivity index (χ2v) is 10.5. The van der Waals surface area contributed by atoms with Crippen LogP contribution in [0.15, 0.2) is 47.4 Å². The number of carbonyl (C=O) groups excluding carboxylic acids is 1. The van der Waals surface area contributed by atoms with Gasteiger partial charge in [0.15, 0.2) is 0 Å². The standard InChI is InChI=1S/C25H30F3NO6S/c1-17-14-21(33-3)15-18(2)22(17)36(31,32)29-13-9-8-12-20(29)16-35-23(30)24(34-4,25(26,27)28)19-10-6-5-7-11-19/h5-7,10-11,14-15,20H,8-9,12-13,16H2,1-4H3. The third-order valence-corrected chi connectivity index (χ3v) is 8.65. The molecule has 2 unspecified atom stereocenters. The maximum atomic E-state index is 14.2. The number of carbonyl (C=O) groups is 1. The van der Waals surface area contributed by atoms with Gasteiger partial charge in [-0.15, -0.1) is 0 Å². The van der Waals surface area contributed by atoms with E-state index in [9.17, 15) is 26.4 Å². The van der Waals surface area contributed by atoms with Crippen LogP contribution >= 0.6 is 0 Å². The number of halogens is 3. The number of piperidine rings is 1. The molecule has 2 aromatic carbocycles. The fourth-order valence-electron chi connectivity index (χ4n) is 4.67. The molecule has 0 aromatic heterocycles. The minimum atomic E-state index is -5.12. The van der Waals surface area contributed by atoms with Gasteiger partial charge in [-0.1, -0.05) is 36.8 Å². The van der Waals surface area contributed by atoms with Gasteiger partial charge in [-0.05, 0) is 49.9 Å². The Bertz CT molecular complexity index is 1160. The van der Waals surface area contributed by atoms with Gasteiger partial charge in [-0.25, -0.2) is 13.2 Å². The quantitative estimate of drug-likeness (QED) is 0.469. The van der Waals surface area contributed by atoms with Crippen molar-refractivity contribution in [1.82, 2.24) is 4.31 Å². The van der Waals surface area contributed by atoms with Crippen molar-refractivity contribution in [1.29, 1.82) is 0 Å². The molecule has 1 fully saturated rings. The highest BCUT2D eigenvalue weighted by Crippen LogP contribution is 2.43. The van der Waals surface area contributed by atoms with Gasteiger partial charge in [0.05, 0.1) is 18.0 Å². The first-order valence-electron chi connectivity index (χ1n) is 11.4. The number of alkyl halides is 3. The zero-order valence-electron chi connectivity index (χ0n) is 20.6. The van der Waals surface area contributed by atoms with Crippen LogP contribution < -0.4 is 4.74 Å². The molecule has 2 aromatic rings. The van der Waals surface area contributed by atoms with E-state index >= 15 is 0 Å². The fourth-order valence-corrected chi connectivity index (χ4v) is 6.76. The average Bonchev–Trinajstić information content (AvgIpc) is 2.82. The van der Waals surface area contributed by atoms with Crippen LogP contribution in [0, 0.1) is 13.8 Å². The molecule has 2 atom stereocenters. The van der Waals surface area contributed by atoms with Gasteiger partial charge in [0.1, 0.15) is 12.4 Å². The van der Waals surface area contributed by atoms with Crippen LogP contribution in [0.25, 0.3) is 0 Å². The molecule has 3 rings (SSSR count). The SMILES string of the molecule is COc1cc(C)c(S(=O)(=O)N2CCCCC2COC(=O)C(OC)(c2ccccc2)C(F)(F)F)c(C)c1. The fraction of sp³-hybridized carbons (Fsp3) is 0.480. The largest absolute Gasteiger partial charge is 0.497 e. The molecule has 0 amide bonds. The number of aryl methyl sites for hydroxylation is 2. The van der Waals surface area contributed by atoms with Gasteiger partial charge < -0.3 is 14.2 Å². The van der Waals surface area contributed by atoms with Gasteiger partial charge in [0.2, 0.25) is 10.0 Å². The molecule has 0 saturated carbocycles. The Kier molecular flexibility index (Phi) is 8.37. The van der Waals surface area contributed by atoms with E-state index in [1.54, 1.807) is 26.0 Å². The van der Waals surface area contributed by atoms with Crippen LogP contribution in [-0.2, 0) is 29.9 Å². The summed E-state index contributed by atoms with van der Waals surface area (Å²) >= 11 is 0. The number of benzene rings is 2. The van der Waals surface area contributed by atoms with Crippen molar-refractivity contribution in [2.45, 2.75) is 55.8 Å². The Hall–Kier alpha value is -2.63. The molecule has 11 heteroatoms. The number of esters is 1. The van der Waals surface area contributed by atoms with Crippen molar-refractivity contribution < 1.29 is 40.6 Å². The predicted octanol–water partition coefficient (Wildman–Crippen LogP) is 4.50. The number of hydrogen-bond acceptors (Lipinski definition) is 6. The van der Waals surface area contributed by atoms with E-state index < -0.39 is 46.0 Å². The number of rotatable bonds is 8. The molecule has 198 valence electrons. The van der Waals surface area contributed by atoms with Crippen molar-refractivity contribution in [3.8, 4) is 5.75 Å². The van der Waals surface area contributed by atoms with Crippen molar-refractivity contribution in [2.24, 2.45) is 0 Å². The van der Waals surface area contributed by atoms with Gasteiger partial charge >= 0.3 is 12.1 Å². The van der Waals surface area contributed by atoms with E-state index in [4.69, 9.17) is 14.2 Å². The van der Waals surface area contributed by atoms with Gasteiger partial charge in [-0.2, -0.15) is 17.5 Å². The third-order valence-electron chi connectivity index (χ3n) is 6.39. The van der Waals surface area contributed by atoms with Crippen LogP contribution in [0.1, 0.15) is 36.0 Å². The number of sulfonamides is 1. The summed E-state index contributed by atoms with van der Waals surface area (Å²) in [4.78, 5) is 13.0. The summed E-state index contributed by atoms with van der Waals surface area (Å²) in [6.07, 6.45) is -3.57. The number of nitrogens with zero attached hydrogens (tertiary/aromatic N) is 1. The normalized spacial score (nSPS) is 18.9. The van der Waals surface area contributed by atoms with Crippen LogP contribution in [0.4, 0.5) is 13.2 Å². The first-order chi connectivity index (χ1) is 16.9. The third kappa shape index (κ3) is 5.09. The summed E-state index contributed by atoms with van der Waals surface area (Å²) in [5.74, 6) is -1.14. The Morgan fingerprint density at radius 1 is 1.06 bits per heavy atom. The van der Waals surface area contributed by atoms with Gasteiger partial charge in [-0.3, -0.25) is 0 Å². The van der Waals surface area contributed by atoms with E-state index in [2.05, 4.69) is 0 Å². The van der Waals surface area contributed by atoms with Crippen LogP contribution in [0.2, 0.25) is 0 Å². The number of methoxy groups -OCH3 is 2. The molecule has 7 nitrogen and oxygen atoms in total. The average molecular weight is 530 g/mol. The summed E-state index contributed by atoms with van der Waals surface area (Å²) in [5.41, 5.74) is -2.81. The van der Waals surface area contributed by atoms with Gasteiger partial charge in [0, 0.05) is 19.2 Å². The summed E-state index contributed by atoms with van der Waals surface area (Å²) < 4.78 is 86.2. The molecule has 1 heterocycles. The van der Waals surface area contributed by atoms with E-state index in [0.717, 1.165) is 19.2 Å². The van der Waals surface area contributed by atoms with Crippen molar-refractivity contribution in [3.63, 3.8) is 0 Å². The predicted molar refractivity (Wildman–Crippen MR) is 126 cm³/mol. The molecular weight excluding hydrogens is 499 g/mol. The molecule has 1 aliphatic rings. The second-order valence-electron chi connectivity index (χ2n) is 8.70. The van der Waals surface area contributed by atoms with E-state index in [-0.39, 0.29) is 11.4 Å². The van der Waals surface area contributed by atoms with Gasteiger partial charge in [0.25, 0.3) is 5.60 Å². The lowest BCUT2D eigenvalue weighted by atomic mass is 9.92. The molecule has 0 aliphatic carbocycles. The van der Waals surface area contributed by atoms with Crippen molar-refractivity contribution in [2.75, 3.05) is 27.4 Å². The first-order valence-corrected chi connectivity index (χ1v) is 12.9. The zero-order valence-corrected chi connectivity index (χ0v) is 21.4. The summed E-state index contributed by atoms with van der Waals surface area (Å²) in [7, 11) is -1.77. The highest BCUT2D eigenvalue weighted by atomic mass is 32.2. The maximum absolute atomic E-state index is 14.2. The lowest BCUT2D eigenvalue weighted by Gasteiger charge is -2.36.